The maximum Gasteiger partial charge on any atom is 0.408 e. The summed E-state index contributed by atoms with van der Waals surface area (Å²) in [7, 11) is 1.57. The van der Waals surface area contributed by atoms with Gasteiger partial charge in [0, 0.05) is 17.5 Å². The molecule has 0 aliphatic heterocycles. The molecule has 0 aromatic heterocycles. The fourth-order valence-corrected chi connectivity index (χ4v) is 4.18. The van der Waals surface area contributed by atoms with Crippen molar-refractivity contribution in [3.8, 4) is 5.75 Å². The molecule has 202 valence electrons. The SMILES string of the molecule is COc1ccc(NC(=O)C(c2ccc(C)cc2C)N(C(=O)C(CS)NC(=O)OC(C)(C)C)C(C)C)cc1. The summed E-state index contributed by atoms with van der Waals surface area (Å²) in [6.45, 7) is 12.8. The third kappa shape index (κ3) is 8.42. The number of carbonyl (C=O) groups excluding carboxylic acids is 3. The summed E-state index contributed by atoms with van der Waals surface area (Å²) in [6.07, 6.45) is -0.727. The van der Waals surface area contributed by atoms with Crippen LogP contribution in [0.5, 0.6) is 5.75 Å². The first-order valence-corrected chi connectivity index (χ1v) is 12.8. The molecule has 2 unspecified atom stereocenters. The average molecular weight is 530 g/mol. The number of amides is 3. The number of thiol groups is 1. The summed E-state index contributed by atoms with van der Waals surface area (Å²) in [6, 6.07) is 10.4. The Morgan fingerprint density at radius 1 is 1.03 bits per heavy atom. The van der Waals surface area contributed by atoms with Gasteiger partial charge in [0.1, 0.15) is 23.4 Å². The minimum Gasteiger partial charge on any atom is -0.497 e. The van der Waals surface area contributed by atoms with Gasteiger partial charge in [-0.3, -0.25) is 9.59 Å². The third-order valence-corrected chi connectivity index (χ3v) is 5.95. The van der Waals surface area contributed by atoms with Crippen molar-refractivity contribution in [2.75, 3.05) is 18.2 Å². The lowest BCUT2D eigenvalue weighted by atomic mass is 9.95. The number of hydrogen-bond acceptors (Lipinski definition) is 6. The van der Waals surface area contributed by atoms with Crippen molar-refractivity contribution in [2.45, 2.75) is 72.2 Å². The first-order valence-electron chi connectivity index (χ1n) is 12.2. The first kappa shape index (κ1) is 30.0. The zero-order valence-corrected chi connectivity index (χ0v) is 23.8. The van der Waals surface area contributed by atoms with E-state index in [0.29, 0.717) is 17.0 Å². The van der Waals surface area contributed by atoms with Gasteiger partial charge in [0.15, 0.2) is 0 Å². The van der Waals surface area contributed by atoms with Crippen LogP contribution >= 0.6 is 12.6 Å². The molecule has 37 heavy (non-hydrogen) atoms. The van der Waals surface area contributed by atoms with Gasteiger partial charge in [0.2, 0.25) is 5.91 Å². The lowest BCUT2D eigenvalue weighted by molar-refractivity contribution is -0.142. The van der Waals surface area contributed by atoms with E-state index in [1.165, 1.54) is 4.90 Å². The topological polar surface area (TPSA) is 97.0 Å². The summed E-state index contributed by atoms with van der Waals surface area (Å²) in [4.78, 5) is 41.6. The molecule has 0 heterocycles. The minimum absolute atomic E-state index is 0.0288. The Labute approximate surface area is 225 Å². The second-order valence-corrected chi connectivity index (χ2v) is 10.6. The summed E-state index contributed by atoms with van der Waals surface area (Å²) in [5, 5.41) is 5.55. The van der Waals surface area contributed by atoms with Crippen molar-refractivity contribution < 1.29 is 23.9 Å². The second-order valence-electron chi connectivity index (χ2n) is 10.2. The number of hydrogen-bond donors (Lipinski definition) is 3. The van der Waals surface area contributed by atoms with Gasteiger partial charge in [-0.25, -0.2) is 4.79 Å². The predicted molar refractivity (Wildman–Crippen MR) is 149 cm³/mol. The van der Waals surface area contributed by atoms with Crippen molar-refractivity contribution in [1.82, 2.24) is 10.2 Å². The van der Waals surface area contributed by atoms with Gasteiger partial charge in [0.25, 0.3) is 5.91 Å². The normalized spacial score (nSPS) is 12.9. The number of anilines is 1. The van der Waals surface area contributed by atoms with Crippen molar-refractivity contribution >= 4 is 36.2 Å². The van der Waals surface area contributed by atoms with Crippen molar-refractivity contribution in [2.24, 2.45) is 0 Å². The molecule has 0 aliphatic carbocycles. The number of carbonyl (C=O) groups is 3. The highest BCUT2D eigenvalue weighted by Crippen LogP contribution is 2.30. The highest BCUT2D eigenvalue weighted by atomic mass is 32.1. The van der Waals surface area contributed by atoms with Crippen molar-refractivity contribution in [1.29, 1.82) is 0 Å². The first-order chi connectivity index (χ1) is 17.3. The predicted octanol–water partition coefficient (Wildman–Crippen LogP) is 5.05. The number of rotatable bonds is 9. The molecule has 0 aliphatic rings. The zero-order valence-electron chi connectivity index (χ0n) is 22.9. The Hall–Kier alpha value is -3.20. The van der Waals surface area contributed by atoms with Crippen molar-refractivity contribution in [3.05, 3.63) is 59.2 Å². The number of alkyl carbamates (subject to hydrolysis) is 1. The van der Waals surface area contributed by atoms with Gasteiger partial charge in [-0.05, 0) is 83.9 Å². The highest BCUT2D eigenvalue weighted by molar-refractivity contribution is 7.80. The molecular formula is C28H39N3O5S. The number of ether oxygens (including phenoxy) is 2. The lowest BCUT2D eigenvalue weighted by Gasteiger charge is -2.37. The van der Waals surface area contributed by atoms with E-state index in [1.807, 2.05) is 45.9 Å². The van der Waals surface area contributed by atoms with Crippen LogP contribution in [0.1, 0.15) is 57.4 Å². The van der Waals surface area contributed by atoms with E-state index in [2.05, 4.69) is 23.3 Å². The van der Waals surface area contributed by atoms with Crippen LogP contribution in [0.25, 0.3) is 0 Å². The largest absolute Gasteiger partial charge is 0.497 e. The van der Waals surface area contributed by atoms with E-state index in [9.17, 15) is 14.4 Å². The zero-order chi connectivity index (χ0) is 27.9. The molecule has 2 aromatic carbocycles. The van der Waals surface area contributed by atoms with Crippen LogP contribution in [-0.4, -0.2) is 53.4 Å². The van der Waals surface area contributed by atoms with Crippen molar-refractivity contribution in [3.63, 3.8) is 0 Å². The standard InChI is InChI=1S/C28H39N3O5S/c1-17(2)31(26(33)23(16-37)30-27(34)36-28(5,6)7)24(22-14-9-18(3)15-19(22)4)25(32)29-20-10-12-21(35-8)13-11-20/h9-15,17,23-24,37H,16H2,1-8H3,(H,29,32)(H,30,34). The Bertz CT molecular complexity index is 1100. The monoisotopic (exact) mass is 529 g/mol. The van der Waals surface area contributed by atoms with Crippen LogP contribution in [-0.2, 0) is 14.3 Å². The quantitative estimate of drug-likeness (QED) is 0.395. The fraction of sp³-hybridized carbons (Fsp3) is 0.464. The third-order valence-electron chi connectivity index (χ3n) is 5.59. The van der Waals surface area contributed by atoms with E-state index < -0.39 is 29.7 Å². The van der Waals surface area contributed by atoms with E-state index >= 15 is 0 Å². The van der Waals surface area contributed by atoms with Crippen LogP contribution in [0.2, 0.25) is 0 Å². The van der Waals surface area contributed by atoms with Gasteiger partial charge < -0.3 is 25.0 Å². The molecule has 0 radical (unpaired) electrons. The maximum absolute atomic E-state index is 13.9. The van der Waals surface area contributed by atoms with Crippen LogP contribution < -0.4 is 15.4 Å². The molecule has 8 nitrogen and oxygen atoms in total. The smallest absolute Gasteiger partial charge is 0.408 e. The summed E-state index contributed by atoms with van der Waals surface area (Å²) < 4.78 is 10.5. The van der Waals surface area contributed by atoms with Gasteiger partial charge in [-0.1, -0.05) is 23.8 Å². The number of benzene rings is 2. The van der Waals surface area contributed by atoms with Crippen LogP contribution in [0.4, 0.5) is 10.5 Å². The summed E-state index contributed by atoms with van der Waals surface area (Å²) >= 11 is 4.31. The minimum atomic E-state index is -0.998. The van der Waals surface area contributed by atoms with Gasteiger partial charge in [-0.2, -0.15) is 12.6 Å². The average Bonchev–Trinajstić information content (AvgIpc) is 2.80. The Kier molecular flexibility index (Phi) is 10.4. The van der Waals surface area contributed by atoms with E-state index in [0.717, 1.165) is 11.1 Å². The van der Waals surface area contributed by atoms with Gasteiger partial charge >= 0.3 is 6.09 Å². The molecular weight excluding hydrogens is 490 g/mol. The second kappa shape index (κ2) is 12.9. The number of nitrogens with one attached hydrogen (secondary N) is 2. The number of nitrogens with zero attached hydrogens (tertiary/aromatic N) is 1. The van der Waals surface area contributed by atoms with E-state index in [-0.39, 0.29) is 17.7 Å². The number of methoxy groups -OCH3 is 1. The molecule has 0 spiro atoms. The molecule has 2 atom stereocenters. The molecule has 2 rings (SSSR count). The van der Waals surface area contributed by atoms with Crippen LogP contribution in [0, 0.1) is 13.8 Å². The van der Waals surface area contributed by atoms with Gasteiger partial charge in [0.05, 0.1) is 7.11 Å². The molecule has 3 amide bonds. The highest BCUT2D eigenvalue weighted by Gasteiger charge is 2.38. The van der Waals surface area contributed by atoms with Gasteiger partial charge in [-0.15, -0.1) is 0 Å². The summed E-state index contributed by atoms with van der Waals surface area (Å²) in [5.74, 6) is -0.131. The molecule has 2 aromatic rings. The molecule has 0 fully saturated rings. The fourth-order valence-electron chi connectivity index (χ4n) is 3.93. The van der Waals surface area contributed by atoms with E-state index in [4.69, 9.17) is 9.47 Å². The molecule has 0 saturated heterocycles. The summed E-state index contributed by atoms with van der Waals surface area (Å²) in [5.41, 5.74) is 2.43. The van der Waals surface area contributed by atoms with Crippen LogP contribution in [0.3, 0.4) is 0 Å². The number of aryl methyl sites for hydroxylation is 2. The Balaban J connectivity index is 2.49. The molecule has 0 saturated carbocycles. The Morgan fingerprint density at radius 3 is 2.14 bits per heavy atom. The molecule has 0 bridgehead atoms. The van der Waals surface area contributed by atoms with Crippen LogP contribution in [0.15, 0.2) is 42.5 Å². The lowest BCUT2D eigenvalue weighted by Crippen LogP contribution is -2.55. The Morgan fingerprint density at radius 2 is 1.65 bits per heavy atom. The van der Waals surface area contributed by atoms with E-state index in [1.54, 1.807) is 52.1 Å². The molecule has 9 heteroatoms. The molecule has 2 N–H and O–H groups in total. The maximum atomic E-state index is 13.9.